The standard InChI is InChI=1S/C6H11ClO3.CH2NO.Fm/c1-2-9-3-4-10-5-6(7)8;2-1-3;/h2-5H2,1H3;(H2,2,3);/q;-1;. The molecule has 0 rings (SSSR count). The van der Waals surface area contributed by atoms with Crippen LogP contribution in [0.25, 0.3) is 0 Å². The molecule has 1 amide bonds. The summed E-state index contributed by atoms with van der Waals surface area (Å²) in [5.41, 5.74) is 4.04. The molecule has 0 aromatic carbocycles. The van der Waals surface area contributed by atoms with E-state index in [1.165, 1.54) is 0 Å². The van der Waals surface area contributed by atoms with Crippen molar-refractivity contribution in [1.29, 1.82) is 0 Å². The summed E-state index contributed by atoms with van der Waals surface area (Å²) in [6.07, 6.45) is 1.00. The molecule has 90 valence electrons. The molecule has 7 heteroatoms. The summed E-state index contributed by atoms with van der Waals surface area (Å²) >= 11 is 4.99. The molecule has 14 heavy (non-hydrogen) atoms. The van der Waals surface area contributed by atoms with Crippen molar-refractivity contribution in [3.63, 3.8) is 0 Å². The molecule has 2 N–H and O–H groups in total. The van der Waals surface area contributed by atoms with Crippen molar-refractivity contribution in [3.05, 3.63) is 0 Å². The number of hydrogen-bond donors (Lipinski definition) is 1. The van der Waals surface area contributed by atoms with Gasteiger partial charge in [0.1, 0.15) is 6.61 Å². The second-order valence-electron chi connectivity index (χ2n) is 1.72. The number of amides is 1. The smallest absolute Gasteiger partial charge is 0.247 e. The van der Waals surface area contributed by atoms with E-state index in [0.29, 0.717) is 19.8 Å². The summed E-state index contributed by atoms with van der Waals surface area (Å²) in [7, 11) is 0. The third-order valence-electron chi connectivity index (χ3n) is 0.792. The van der Waals surface area contributed by atoms with Gasteiger partial charge in [-0.25, -0.2) is 0 Å². The number of ether oxygens (including phenoxy) is 2. The molecule has 0 spiro atoms. The molecule has 0 heterocycles. The predicted octanol–water partition coefficient (Wildman–Crippen LogP) is -0.183. The molecule has 5 nitrogen and oxygen atoms in total. The van der Waals surface area contributed by atoms with Gasteiger partial charge < -0.3 is 20.0 Å². The number of primary amides is 1. The predicted molar refractivity (Wildman–Crippen MR) is 48.1 cm³/mol. The van der Waals surface area contributed by atoms with E-state index in [2.05, 4.69) is 5.73 Å². The Morgan fingerprint density at radius 3 is 2.21 bits per heavy atom. The van der Waals surface area contributed by atoms with E-state index in [1.807, 2.05) is 6.92 Å². The number of carbonyl (C=O) groups is 1. The van der Waals surface area contributed by atoms with E-state index >= 15 is 0 Å². The van der Waals surface area contributed by atoms with E-state index in [-0.39, 0.29) is 6.61 Å². The van der Waals surface area contributed by atoms with Crippen molar-refractivity contribution < 1.29 is 19.1 Å². The Kier molecular flexibility index (Phi) is 22.7. The van der Waals surface area contributed by atoms with Gasteiger partial charge in [0.15, 0.2) is 0 Å². The Bertz CT molecular complexity index is 137. The molecule has 0 aliphatic heterocycles. The minimum Gasteiger partial charge on any atom is -0.543 e. The third-order valence-corrected chi connectivity index (χ3v) is 0.901. The maximum absolute atomic E-state index is 10.1. The Labute approximate surface area is 82.1 Å². The van der Waals surface area contributed by atoms with Gasteiger partial charge in [0.2, 0.25) is 5.24 Å². The fourth-order valence-corrected chi connectivity index (χ4v) is 0.492. The quantitative estimate of drug-likeness (QED) is 0.254. The van der Waals surface area contributed by atoms with Crippen LogP contribution in [0.4, 0.5) is 0 Å². The van der Waals surface area contributed by atoms with Crippen LogP contribution in [0.5, 0.6) is 0 Å². The van der Waals surface area contributed by atoms with Crippen LogP contribution in [0.3, 0.4) is 0 Å². The van der Waals surface area contributed by atoms with Gasteiger partial charge in [-0.2, -0.15) is 6.41 Å². The van der Waals surface area contributed by atoms with Crippen molar-refractivity contribution >= 4 is 23.3 Å². The van der Waals surface area contributed by atoms with Crippen molar-refractivity contribution in [2.75, 3.05) is 26.4 Å². The largest absolute Gasteiger partial charge is 0.543 e. The van der Waals surface area contributed by atoms with Crippen LogP contribution in [-0.4, -0.2) is 38.1 Å². The third kappa shape index (κ3) is 31.6. The normalized spacial score (nSPS) is 7.86. The molecular formula is C7H13ClFmNO4-. The van der Waals surface area contributed by atoms with Crippen molar-refractivity contribution in [2.45, 2.75) is 6.92 Å². The molecule has 0 fully saturated rings. The summed E-state index contributed by atoms with van der Waals surface area (Å²) in [5.74, 6) is 0. The number of hydrogen-bond acceptors (Lipinski definition) is 4. The van der Waals surface area contributed by atoms with Gasteiger partial charge in [0, 0.05) is 6.61 Å². The second-order valence-corrected chi connectivity index (χ2v) is 2.14. The van der Waals surface area contributed by atoms with Crippen LogP contribution >= 0.6 is 11.6 Å². The minimum absolute atomic E-state index is 0. The van der Waals surface area contributed by atoms with Crippen molar-refractivity contribution in [2.24, 2.45) is 5.73 Å². The summed E-state index contributed by atoms with van der Waals surface area (Å²) in [6.45, 7) is 3.46. The number of carbonyl (C=O) groups excluding carboxylic acids is 2. The topological polar surface area (TPSA) is 78.6 Å². The van der Waals surface area contributed by atoms with Gasteiger partial charge >= 0.3 is 0 Å². The zero-order valence-corrected chi connectivity index (χ0v) is 10.9. The van der Waals surface area contributed by atoms with E-state index in [4.69, 9.17) is 25.9 Å². The molecular weight excluding hydrogens is 455 g/mol. The molecule has 0 aliphatic carbocycles. The zero-order valence-electron chi connectivity index (χ0n) is 7.71. The maximum Gasteiger partial charge on any atom is 0.247 e. The van der Waals surface area contributed by atoms with Gasteiger partial charge in [-0.3, -0.25) is 4.79 Å². The summed E-state index contributed by atoms with van der Waals surface area (Å²) in [4.78, 5) is 18.5. The monoisotopic (exact) mass is 467 g/mol. The van der Waals surface area contributed by atoms with Crippen LogP contribution in [0.15, 0.2) is 0 Å². The summed E-state index contributed by atoms with van der Waals surface area (Å²) < 4.78 is 9.73. The first-order chi connectivity index (χ1) is 6.18. The fraction of sp³-hybridized carbons (Fsp3) is 0.714. The first-order valence-corrected chi connectivity index (χ1v) is 3.98. The van der Waals surface area contributed by atoms with E-state index in [9.17, 15) is 4.79 Å². The Morgan fingerprint density at radius 1 is 1.43 bits per heavy atom. The second kappa shape index (κ2) is 17.4. The number of rotatable bonds is 6. The van der Waals surface area contributed by atoms with Crippen LogP contribution in [0, 0.1) is 0 Å². The molecule has 0 radical (unpaired) electrons. The Balaban J connectivity index is -0.000000267. The number of halogens is 1. The van der Waals surface area contributed by atoms with Crippen molar-refractivity contribution in [3.8, 4) is 0 Å². The molecule has 0 bridgehead atoms. The van der Waals surface area contributed by atoms with Crippen LogP contribution < -0.4 is 5.73 Å². The van der Waals surface area contributed by atoms with Crippen LogP contribution in [0.2, 0.25) is 0 Å². The zero-order chi connectivity index (χ0) is 10.5. The van der Waals surface area contributed by atoms with Crippen LogP contribution in [0.1, 0.15) is 6.92 Å². The van der Waals surface area contributed by atoms with Gasteiger partial charge in [-0.1, -0.05) is 0 Å². The molecule has 0 aromatic rings. The van der Waals surface area contributed by atoms with Gasteiger partial charge in [-0.15, -0.1) is 0 Å². The van der Waals surface area contributed by atoms with Crippen LogP contribution in [-0.2, 0) is 19.1 Å². The average Bonchev–Trinajstić information content (AvgIpc) is 2.05. The SMILES string of the molecule is CCOCCOCC(=O)Cl.N[C-]=O.[Fm]. The first kappa shape index (κ1) is 18.2. The minimum atomic E-state index is -0.475. The Hall–Kier alpha value is -1.65. The molecule has 0 atom stereocenters. The molecule has 0 aliphatic rings. The van der Waals surface area contributed by atoms with Gasteiger partial charge in [0.25, 0.3) is 0 Å². The number of nitrogens with two attached hydrogens (primary N) is 1. The Morgan fingerprint density at radius 2 is 1.86 bits per heavy atom. The summed E-state index contributed by atoms with van der Waals surface area (Å²) in [5, 5.41) is -0.475. The molecule has 0 saturated carbocycles. The fourth-order valence-electron chi connectivity index (χ4n) is 0.415. The van der Waals surface area contributed by atoms with E-state index in [0.717, 1.165) is 6.41 Å². The maximum atomic E-state index is 10.1. The van der Waals surface area contributed by atoms with E-state index in [1.54, 1.807) is 0 Å². The average molecular weight is 468 g/mol. The molecule has 0 unspecified atom stereocenters. The van der Waals surface area contributed by atoms with Crippen molar-refractivity contribution in [1.82, 2.24) is 0 Å². The van der Waals surface area contributed by atoms with E-state index < -0.39 is 5.24 Å². The first-order valence-electron chi connectivity index (χ1n) is 3.60. The van der Waals surface area contributed by atoms with Gasteiger partial charge in [-0.05, 0) is 18.5 Å². The molecule has 0 saturated heterocycles. The molecule has 0 aromatic heterocycles. The van der Waals surface area contributed by atoms with Gasteiger partial charge in [0.05, 0.1) is 13.2 Å². The summed E-state index contributed by atoms with van der Waals surface area (Å²) in [6, 6.07) is 0.